The molecule has 1 N–H and O–H groups in total. The third-order valence-electron chi connectivity index (χ3n) is 2.91. The van der Waals surface area contributed by atoms with Crippen LogP contribution in [0.15, 0.2) is 29.2 Å². The number of benzene rings is 1. The Morgan fingerprint density at radius 3 is 2.38 bits per heavy atom. The largest absolute Gasteiger partial charge is 0.481 e. The van der Waals surface area contributed by atoms with E-state index in [0.717, 1.165) is 4.31 Å². The molecule has 1 amide bonds. The van der Waals surface area contributed by atoms with Crippen molar-refractivity contribution in [3.8, 4) is 0 Å². The lowest BCUT2D eigenvalue weighted by atomic mass is 10.2. The van der Waals surface area contributed by atoms with Crippen molar-refractivity contribution >= 4 is 21.9 Å². The number of carbonyl (C=O) groups excluding carboxylic acids is 1. The Balaban J connectivity index is 0.00000106. The van der Waals surface area contributed by atoms with Crippen LogP contribution in [0.25, 0.3) is 0 Å². The third-order valence-corrected chi connectivity index (χ3v) is 4.75. The van der Waals surface area contributed by atoms with Crippen LogP contribution < -0.4 is 0 Å². The summed E-state index contributed by atoms with van der Waals surface area (Å²) in [5.41, 5.74) is 0.181. The van der Waals surface area contributed by atoms with Crippen molar-refractivity contribution in [1.82, 2.24) is 4.31 Å². The van der Waals surface area contributed by atoms with Crippen molar-refractivity contribution in [1.29, 1.82) is 0 Å². The van der Waals surface area contributed by atoms with Crippen LogP contribution in [0.4, 0.5) is 0 Å². The third kappa shape index (κ3) is 3.60. The highest BCUT2D eigenvalue weighted by atomic mass is 32.2. The van der Waals surface area contributed by atoms with Crippen LogP contribution in [-0.4, -0.2) is 36.3 Å². The number of carboxylic acid groups (broad SMARTS) is 1. The molecule has 116 valence electrons. The number of fused-ring (bicyclic) bond motifs is 1. The molecule has 0 aliphatic carbocycles. The molecule has 0 fully saturated rings. The van der Waals surface area contributed by atoms with Crippen molar-refractivity contribution in [3.63, 3.8) is 0 Å². The summed E-state index contributed by atoms with van der Waals surface area (Å²) in [5, 5.41) is 8.50. The number of nitrogens with zero attached hydrogens (tertiary/aromatic N) is 1. The first kappa shape index (κ1) is 17.2. The number of unbranched alkanes of at least 4 members (excludes halogenated alkanes) is 1. The van der Waals surface area contributed by atoms with Crippen LogP contribution in [-0.2, 0) is 14.8 Å². The van der Waals surface area contributed by atoms with Crippen LogP contribution in [0.3, 0.4) is 0 Å². The van der Waals surface area contributed by atoms with E-state index in [0.29, 0.717) is 12.8 Å². The van der Waals surface area contributed by atoms with Gasteiger partial charge in [0.05, 0.1) is 5.56 Å². The van der Waals surface area contributed by atoms with Gasteiger partial charge in [0, 0.05) is 13.0 Å². The smallest absolute Gasteiger partial charge is 0.303 e. The maximum absolute atomic E-state index is 12.1. The van der Waals surface area contributed by atoms with Gasteiger partial charge >= 0.3 is 5.97 Å². The highest BCUT2D eigenvalue weighted by Gasteiger charge is 2.40. The van der Waals surface area contributed by atoms with Gasteiger partial charge in [0.15, 0.2) is 0 Å². The Labute approximate surface area is 124 Å². The molecule has 0 spiro atoms. The lowest BCUT2D eigenvalue weighted by Gasteiger charge is -2.14. The SMILES string of the molecule is CC.O=C(O)CCCCN1C(=O)c2ccccc2S1(=O)=O. The number of hydrogen-bond donors (Lipinski definition) is 1. The predicted octanol–water partition coefficient (Wildman–Crippen LogP) is 2.11. The van der Waals surface area contributed by atoms with E-state index in [-0.39, 0.29) is 23.4 Å². The number of aliphatic carboxylic acids is 1. The lowest BCUT2D eigenvalue weighted by molar-refractivity contribution is -0.137. The quantitative estimate of drug-likeness (QED) is 0.841. The highest BCUT2D eigenvalue weighted by Crippen LogP contribution is 2.29. The number of amides is 1. The Bertz CT molecular complexity index is 624. The van der Waals surface area contributed by atoms with Crippen LogP contribution >= 0.6 is 0 Å². The summed E-state index contributed by atoms with van der Waals surface area (Å²) in [6.45, 7) is 4.02. The molecule has 1 heterocycles. The molecule has 6 nitrogen and oxygen atoms in total. The zero-order valence-corrected chi connectivity index (χ0v) is 12.9. The van der Waals surface area contributed by atoms with Crippen LogP contribution in [0.1, 0.15) is 43.5 Å². The van der Waals surface area contributed by atoms with Gasteiger partial charge in [-0.15, -0.1) is 0 Å². The fraction of sp³-hybridized carbons (Fsp3) is 0.429. The number of rotatable bonds is 5. The molecule has 1 aliphatic rings. The minimum atomic E-state index is -3.76. The summed E-state index contributed by atoms with van der Waals surface area (Å²) < 4.78 is 25.0. The van der Waals surface area contributed by atoms with Gasteiger partial charge in [-0.1, -0.05) is 26.0 Å². The summed E-state index contributed by atoms with van der Waals surface area (Å²) in [6, 6.07) is 6.06. The normalized spacial score (nSPS) is 15.1. The summed E-state index contributed by atoms with van der Waals surface area (Å²) in [6.07, 6.45) is 0.644. The Kier molecular flexibility index (Phi) is 5.90. The van der Waals surface area contributed by atoms with Gasteiger partial charge in [0.1, 0.15) is 4.90 Å². The monoisotopic (exact) mass is 313 g/mol. The van der Waals surface area contributed by atoms with E-state index in [2.05, 4.69) is 0 Å². The molecule has 0 saturated heterocycles. The topological polar surface area (TPSA) is 91.8 Å². The average Bonchev–Trinajstić information content (AvgIpc) is 2.66. The van der Waals surface area contributed by atoms with Gasteiger partial charge < -0.3 is 5.11 Å². The molecular formula is C14H19NO5S. The maximum atomic E-state index is 12.1. The van der Waals surface area contributed by atoms with E-state index in [4.69, 9.17) is 5.11 Å². The average molecular weight is 313 g/mol. The second-order valence-corrected chi connectivity index (χ2v) is 6.06. The van der Waals surface area contributed by atoms with E-state index in [9.17, 15) is 18.0 Å². The van der Waals surface area contributed by atoms with Gasteiger partial charge in [0.2, 0.25) is 0 Å². The Morgan fingerprint density at radius 2 is 1.81 bits per heavy atom. The van der Waals surface area contributed by atoms with Gasteiger partial charge in [-0.05, 0) is 25.0 Å². The molecular weight excluding hydrogens is 294 g/mol. The standard InChI is InChI=1S/C12H13NO5S.C2H6/c14-11(15)7-3-4-8-13-12(16)9-5-1-2-6-10(9)19(13,17)18;1-2/h1-2,5-6H,3-4,7-8H2,(H,14,15);1-2H3. The van der Waals surface area contributed by atoms with Crippen molar-refractivity contribution in [3.05, 3.63) is 29.8 Å². The van der Waals surface area contributed by atoms with Gasteiger partial charge in [-0.2, -0.15) is 0 Å². The summed E-state index contributed by atoms with van der Waals surface area (Å²) in [5.74, 6) is -1.47. The van der Waals surface area contributed by atoms with E-state index >= 15 is 0 Å². The first-order valence-corrected chi connectivity index (χ1v) is 8.26. The van der Waals surface area contributed by atoms with Crippen molar-refractivity contribution < 1.29 is 23.1 Å². The van der Waals surface area contributed by atoms with Crippen molar-refractivity contribution in [2.75, 3.05) is 6.54 Å². The first-order valence-electron chi connectivity index (χ1n) is 6.82. The minimum Gasteiger partial charge on any atom is -0.481 e. The second-order valence-electron chi connectivity index (χ2n) is 4.23. The molecule has 0 radical (unpaired) electrons. The molecule has 7 heteroatoms. The molecule has 21 heavy (non-hydrogen) atoms. The van der Waals surface area contributed by atoms with Crippen molar-refractivity contribution in [2.45, 2.75) is 38.0 Å². The van der Waals surface area contributed by atoms with E-state index < -0.39 is 21.9 Å². The van der Waals surface area contributed by atoms with Gasteiger partial charge in [0.25, 0.3) is 15.9 Å². The van der Waals surface area contributed by atoms with E-state index in [1.807, 2.05) is 13.8 Å². The van der Waals surface area contributed by atoms with E-state index in [1.54, 1.807) is 12.1 Å². The summed E-state index contributed by atoms with van der Waals surface area (Å²) in [4.78, 5) is 22.4. The number of carboxylic acids is 1. The zero-order chi connectivity index (χ0) is 16.0. The second kappa shape index (κ2) is 7.21. The maximum Gasteiger partial charge on any atom is 0.303 e. The Morgan fingerprint density at radius 1 is 1.19 bits per heavy atom. The lowest BCUT2D eigenvalue weighted by Crippen LogP contribution is -2.31. The molecule has 1 aromatic carbocycles. The molecule has 0 unspecified atom stereocenters. The summed E-state index contributed by atoms with van der Waals surface area (Å²) in [7, 11) is -3.76. The van der Waals surface area contributed by atoms with Gasteiger partial charge in [-0.25, -0.2) is 12.7 Å². The molecule has 0 aromatic heterocycles. The van der Waals surface area contributed by atoms with Crippen LogP contribution in [0.2, 0.25) is 0 Å². The Hall–Kier alpha value is -1.89. The predicted molar refractivity (Wildman–Crippen MR) is 77.5 cm³/mol. The van der Waals surface area contributed by atoms with Gasteiger partial charge in [-0.3, -0.25) is 9.59 Å². The molecule has 1 aliphatic heterocycles. The number of carbonyl (C=O) groups is 2. The molecule has 0 bridgehead atoms. The highest BCUT2D eigenvalue weighted by molar-refractivity contribution is 7.90. The molecule has 0 atom stereocenters. The first-order chi connectivity index (χ1) is 9.94. The number of sulfonamides is 1. The fourth-order valence-corrected chi connectivity index (χ4v) is 3.59. The fourth-order valence-electron chi connectivity index (χ4n) is 1.98. The number of hydrogen-bond acceptors (Lipinski definition) is 4. The summed E-state index contributed by atoms with van der Waals surface area (Å²) >= 11 is 0. The van der Waals surface area contributed by atoms with Crippen LogP contribution in [0.5, 0.6) is 0 Å². The van der Waals surface area contributed by atoms with Crippen LogP contribution in [0, 0.1) is 0 Å². The molecule has 1 aromatic rings. The van der Waals surface area contributed by atoms with Crippen molar-refractivity contribution in [2.24, 2.45) is 0 Å². The zero-order valence-electron chi connectivity index (χ0n) is 12.1. The van der Waals surface area contributed by atoms with E-state index in [1.165, 1.54) is 12.1 Å². The molecule has 2 rings (SSSR count). The minimum absolute atomic E-state index is 0.0170. The molecule has 0 saturated carbocycles.